The van der Waals surface area contributed by atoms with Gasteiger partial charge >= 0.3 is 0 Å². The molecule has 0 spiro atoms. The summed E-state index contributed by atoms with van der Waals surface area (Å²) in [7, 11) is 1.74. The number of hydrogen-bond donors (Lipinski definition) is 1. The summed E-state index contributed by atoms with van der Waals surface area (Å²) in [6, 6.07) is 6.34. The summed E-state index contributed by atoms with van der Waals surface area (Å²) >= 11 is 0. The molecule has 1 aliphatic rings. The number of rotatable bonds is 3. The van der Waals surface area contributed by atoms with Crippen LogP contribution in [0.2, 0.25) is 0 Å². The van der Waals surface area contributed by atoms with Gasteiger partial charge in [0.1, 0.15) is 5.75 Å². The van der Waals surface area contributed by atoms with E-state index >= 15 is 0 Å². The number of para-hydroxylation sites is 1. The summed E-state index contributed by atoms with van der Waals surface area (Å²) in [4.78, 5) is 0. The zero-order chi connectivity index (χ0) is 10.1. The molecule has 1 saturated carbocycles. The predicted molar refractivity (Wildman–Crippen MR) is 57.6 cm³/mol. The molecule has 2 N–H and O–H groups in total. The van der Waals surface area contributed by atoms with Gasteiger partial charge in [-0.3, -0.25) is 0 Å². The Labute approximate surface area is 85.1 Å². The average molecular weight is 191 g/mol. The van der Waals surface area contributed by atoms with Gasteiger partial charge in [-0.2, -0.15) is 0 Å². The lowest BCUT2D eigenvalue weighted by Crippen LogP contribution is -2.02. The van der Waals surface area contributed by atoms with Crippen LogP contribution in [0.3, 0.4) is 0 Å². The van der Waals surface area contributed by atoms with Gasteiger partial charge < -0.3 is 10.5 Å². The largest absolute Gasteiger partial charge is 0.496 e. The van der Waals surface area contributed by atoms with Gasteiger partial charge in [-0.25, -0.2) is 0 Å². The van der Waals surface area contributed by atoms with E-state index in [0.29, 0.717) is 11.8 Å². The van der Waals surface area contributed by atoms with Gasteiger partial charge in [0.15, 0.2) is 0 Å². The van der Waals surface area contributed by atoms with E-state index < -0.39 is 0 Å². The number of aryl methyl sites for hydroxylation is 1. The van der Waals surface area contributed by atoms with Crippen molar-refractivity contribution >= 4 is 0 Å². The van der Waals surface area contributed by atoms with Crippen molar-refractivity contribution in [3.05, 3.63) is 29.3 Å². The molecule has 0 saturated heterocycles. The van der Waals surface area contributed by atoms with Crippen LogP contribution < -0.4 is 10.5 Å². The van der Waals surface area contributed by atoms with Crippen molar-refractivity contribution in [3.63, 3.8) is 0 Å². The normalized spacial score (nSPS) is 24.8. The van der Waals surface area contributed by atoms with E-state index in [4.69, 9.17) is 10.5 Å². The highest BCUT2D eigenvalue weighted by atomic mass is 16.5. The number of nitrogens with two attached hydrogens (primary N) is 1. The molecule has 0 bridgehead atoms. The van der Waals surface area contributed by atoms with Crippen molar-refractivity contribution in [1.82, 2.24) is 0 Å². The van der Waals surface area contributed by atoms with Crippen molar-refractivity contribution < 1.29 is 4.74 Å². The Kier molecular flexibility index (Phi) is 2.46. The standard InChI is InChI=1S/C12H17NO/c1-8-4-3-5-10(12(8)14-2)11-6-9(11)7-13/h3-5,9,11H,6-7,13H2,1-2H3/t9-,11+/m0/s1. The third-order valence-electron chi connectivity index (χ3n) is 3.07. The molecule has 1 aromatic carbocycles. The van der Waals surface area contributed by atoms with Crippen LogP contribution >= 0.6 is 0 Å². The number of methoxy groups -OCH3 is 1. The Morgan fingerprint density at radius 1 is 1.50 bits per heavy atom. The van der Waals surface area contributed by atoms with Crippen LogP contribution in [0.5, 0.6) is 5.75 Å². The maximum atomic E-state index is 5.65. The van der Waals surface area contributed by atoms with Crippen LogP contribution in [-0.2, 0) is 0 Å². The van der Waals surface area contributed by atoms with Gasteiger partial charge in [-0.15, -0.1) is 0 Å². The molecule has 76 valence electrons. The molecular formula is C12H17NO. The molecular weight excluding hydrogens is 174 g/mol. The van der Waals surface area contributed by atoms with Crippen molar-refractivity contribution in [2.75, 3.05) is 13.7 Å². The van der Waals surface area contributed by atoms with E-state index in [-0.39, 0.29) is 0 Å². The van der Waals surface area contributed by atoms with Crippen LogP contribution in [-0.4, -0.2) is 13.7 Å². The van der Waals surface area contributed by atoms with Crippen molar-refractivity contribution in [2.45, 2.75) is 19.3 Å². The van der Waals surface area contributed by atoms with Crippen molar-refractivity contribution in [2.24, 2.45) is 11.7 Å². The van der Waals surface area contributed by atoms with Gasteiger partial charge in [0.05, 0.1) is 7.11 Å². The first-order chi connectivity index (χ1) is 6.77. The van der Waals surface area contributed by atoms with E-state index in [2.05, 4.69) is 25.1 Å². The summed E-state index contributed by atoms with van der Waals surface area (Å²) in [5.74, 6) is 2.36. The SMILES string of the molecule is COc1c(C)cccc1[C@@H]1C[C@H]1CN. The zero-order valence-electron chi connectivity index (χ0n) is 8.79. The molecule has 0 unspecified atom stereocenters. The molecule has 2 nitrogen and oxygen atoms in total. The Balaban J connectivity index is 2.29. The Hall–Kier alpha value is -1.02. The summed E-state index contributed by atoms with van der Waals surface area (Å²) in [6.45, 7) is 2.88. The fraction of sp³-hybridized carbons (Fsp3) is 0.500. The molecule has 14 heavy (non-hydrogen) atoms. The molecule has 2 heteroatoms. The van der Waals surface area contributed by atoms with E-state index in [0.717, 1.165) is 12.3 Å². The summed E-state index contributed by atoms with van der Waals surface area (Å²) in [6.07, 6.45) is 1.22. The van der Waals surface area contributed by atoms with Crippen molar-refractivity contribution in [3.8, 4) is 5.75 Å². The topological polar surface area (TPSA) is 35.2 Å². The Morgan fingerprint density at radius 3 is 2.86 bits per heavy atom. The predicted octanol–water partition coefficient (Wildman–Crippen LogP) is 2.07. The highest BCUT2D eigenvalue weighted by Crippen LogP contribution is 2.50. The average Bonchev–Trinajstić information content (AvgIpc) is 2.96. The molecule has 0 heterocycles. The quantitative estimate of drug-likeness (QED) is 0.793. The number of hydrogen-bond acceptors (Lipinski definition) is 2. The zero-order valence-corrected chi connectivity index (χ0v) is 8.79. The van der Waals surface area contributed by atoms with Crippen molar-refractivity contribution in [1.29, 1.82) is 0 Å². The first-order valence-electron chi connectivity index (χ1n) is 5.11. The van der Waals surface area contributed by atoms with E-state index in [9.17, 15) is 0 Å². The second kappa shape index (κ2) is 3.62. The fourth-order valence-corrected chi connectivity index (χ4v) is 2.13. The lowest BCUT2D eigenvalue weighted by atomic mass is 10.0. The minimum Gasteiger partial charge on any atom is -0.496 e. The van der Waals surface area contributed by atoms with E-state index in [1.165, 1.54) is 17.5 Å². The molecule has 1 fully saturated rings. The Bertz CT molecular complexity index is 335. The summed E-state index contributed by atoms with van der Waals surface area (Å²) in [5, 5.41) is 0. The summed E-state index contributed by atoms with van der Waals surface area (Å²) in [5.41, 5.74) is 8.20. The smallest absolute Gasteiger partial charge is 0.125 e. The van der Waals surface area contributed by atoms with E-state index in [1.54, 1.807) is 7.11 Å². The van der Waals surface area contributed by atoms with Gasteiger partial charge in [-0.1, -0.05) is 18.2 Å². The number of ether oxygens (including phenoxy) is 1. The third kappa shape index (κ3) is 1.50. The van der Waals surface area contributed by atoms with Crippen LogP contribution in [0.4, 0.5) is 0 Å². The lowest BCUT2D eigenvalue weighted by molar-refractivity contribution is 0.406. The monoisotopic (exact) mass is 191 g/mol. The molecule has 0 amide bonds. The second-order valence-corrected chi connectivity index (χ2v) is 4.04. The third-order valence-corrected chi connectivity index (χ3v) is 3.07. The van der Waals surface area contributed by atoms with Gasteiger partial charge in [-0.05, 0) is 42.9 Å². The fourth-order valence-electron chi connectivity index (χ4n) is 2.13. The molecule has 0 aliphatic heterocycles. The first-order valence-corrected chi connectivity index (χ1v) is 5.11. The molecule has 0 radical (unpaired) electrons. The van der Waals surface area contributed by atoms with Crippen LogP contribution in [0.25, 0.3) is 0 Å². The highest BCUT2D eigenvalue weighted by Gasteiger charge is 2.38. The lowest BCUT2D eigenvalue weighted by Gasteiger charge is -2.10. The second-order valence-electron chi connectivity index (χ2n) is 4.04. The minimum absolute atomic E-state index is 0.634. The minimum atomic E-state index is 0.634. The molecule has 1 aliphatic carbocycles. The molecule has 0 aromatic heterocycles. The van der Waals surface area contributed by atoms with Gasteiger partial charge in [0.2, 0.25) is 0 Å². The molecule has 1 aromatic rings. The van der Waals surface area contributed by atoms with Crippen LogP contribution in [0, 0.1) is 12.8 Å². The highest BCUT2D eigenvalue weighted by molar-refractivity contribution is 5.45. The number of benzene rings is 1. The Morgan fingerprint density at radius 2 is 2.29 bits per heavy atom. The maximum absolute atomic E-state index is 5.65. The van der Waals surface area contributed by atoms with Gasteiger partial charge in [0, 0.05) is 0 Å². The van der Waals surface area contributed by atoms with E-state index in [1.807, 2.05) is 0 Å². The maximum Gasteiger partial charge on any atom is 0.125 e. The van der Waals surface area contributed by atoms with Gasteiger partial charge in [0.25, 0.3) is 0 Å². The molecule has 2 rings (SSSR count). The molecule has 2 atom stereocenters. The summed E-state index contributed by atoms with van der Waals surface area (Å²) < 4.78 is 5.43. The van der Waals surface area contributed by atoms with Crippen LogP contribution in [0.1, 0.15) is 23.5 Å². The van der Waals surface area contributed by atoms with Crippen LogP contribution in [0.15, 0.2) is 18.2 Å². The first kappa shape index (κ1) is 9.53.